The molecule has 150 valence electrons. The summed E-state index contributed by atoms with van der Waals surface area (Å²) in [7, 11) is 1.62. The Balaban J connectivity index is 1.55. The second kappa shape index (κ2) is 7.83. The summed E-state index contributed by atoms with van der Waals surface area (Å²) in [6.07, 6.45) is 3.17. The van der Waals surface area contributed by atoms with E-state index in [1.54, 1.807) is 13.3 Å². The van der Waals surface area contributed by atoms with E-state index in [-0.39, 0.29) is 29.0 Å². The fraction of sp³-hybridized carbons (Fsp3) is 0.500. The molecule has 1 heterocycles. The molecule has 2 atom stereocenters. The van der Waals surface area contributed by atoms with Gasteiger partial charge in [0.2, 0.25) is 11.8 Å². The molecule has 1 saturated heterocycles. The maximum absolute atomic E-state index is 13.0. The average Bonchev–Trinajstić information content (AvgIpc) is 2.86. The Kier molecular flexibility index (Phi) is 5.82. The van der Waals surface area contributed by atoms with Gasteiger partial charge in [-0.3, -0.25) is 19.9 Å². The zero-order valence-electron chi connectivity index (χ0n) is 16.5. The summed E-state index contributed by atoms with van der Waals surface area (Å²) in [6.45, 7) is 6.05. The fourth-order valence-electron chi connectivity index (χ4n) is 4.03. The van der Waals surface area contributed by atoms with E-state index in [0.29, 0.717) is 4.32 Å². The van der Waals surface area contributed by atoms with Crippen LogP contribution in [0, 0.1) is 16.7 Å². The Labute approximate surface area is 175 Å². The number of likely N-dealkylation sites (tertiary alicyclic amines) is 1. The number of piperidine rings is 1. The van der Waals surface area contributed by atoms with Gasteiger partial charge >= 0.3 is 0 Å². The lowest BCUT2D eigenvalue weighted by Gasteiger charge is -2.47. The molecule has 2 bridgehead atoms. The predicted molar refractivity (Wildman–Crippen MR) is 115 cm³/mol. The van der Waals surface area contributed by atoms with Crippen molar-refractivity contribution in [3.63, 3.8) is 0 Å². The van der Waals surface area contributed by atoms with Crippen LogP contribution < -0.4 is 10.2 Å². The molecule has 0 aromatic heterocycles. The molecule has 2 amide bonds. The van der Waals surface area contributed by atoms with Gasteiger partial charge in [0.05, 0.1) is 24.6 Å². The number of thiocarbonyl (C=S) groups is 1. The maximum atomic E-state index is 13.0. The first kappa shape index (κ1) is 20.8. The number of amides is 2. The molecule has 2 unspecified atom stereocenters. The molecule has 28 heavy (non-hydrogen) atoms. The lowest BCUT2D eigenvalue weighted by atomic mass is 9.62. The molecule has 1 N–H and O–H groups in total. The molecule has 8 heteroatoms. The van der Waals surface area contributed by atoms with Crippen LogP contribution in [0.5, 0.6) is 5.75 Å². The van der Waals surface area contributed by atoms with Crippen molar-refractivity contribution in [2.45, 2.75) is 33.6 Å². The lowest BCUT2D eigenvalue weighted by Crippen LogP contribution is -2.58. The SMILES string of the molecule is COc1ccc(/C=N/NC(=S)SCN2C(=O)C3CCC(C)(C2=O)C3(C)C)cc1. The van der Waals surface area contributed by atoms with E-state index in [9.17, 15) is 9.59 Å². The van der Waals surface area contributed by atoms with E-state index < -0.39 is 5.41 Å². The number of imide groups is 1. The van der Waals surface area contributed by atoms with Crippen molar-refractivity contribution in [2.24, 2.45) is 21.8 Å². The summed E-state index contributed by atoms with van der Waals surface area (Å²) >= 11 is 6.50. The van der Waals surface area contributed by atoms with Crippen molar-refractivity contribution in [1.29, 1.82) is 0 Å². The van der Waals surface area contributed by atoms with Crippen molar-refractivity contribution in [3.05, 3.63) is 29.8 Å². The summed E-state index contributed by atoms with van der Waals surface area (Å²) in [4.78, 5) is 27.2. The number of thioether (sulfide) groups is 1. The third-order valence-electron chi connectivity index (χ3n) is 6.32. The number of benzene rings is 1. The van der Waals surface area contributed by atoms with Gasteiger partial charge in [0.15, 0.2) is 4.32 Å². The van der Waals surface area contributed by atoms with E-state index >= 15 is 0 Å². The zero-order valence-corrected chi connectivity index (χ0v) is 18.2. The van der Waals surface area contributed by atoms with Crippen LogP contribution in [0.3, 0.4) is 0 Å². The summed E-state index contributed by atoms with van der Waals surface area (Å²) in [5.74, 6) is 0.711. The first-order valence-corrected chi connectivity index (χ1v) is 10.6. The number of nitrogens with zero attached hydrogens (tertiary/aromatic N) is 2. The van der Waals surface area contributed by atoms with E-state index in [4.69, 9.17) is 17.0 Å². The van der Waals surface area contributed by atoms with Gasteiger partial charge < -0.3 is 4.74 Å². The summed E-state index contributed by atoms with van der Waals surface area (Å²) in [5.41, 5.74) is 2.88. The van der Waals surface area contributed by atoms with Crippen LogP contribution in [0.1, 0.15) is 39.2 Å². The van der Waals surface area contributed by atoms with Crippen LogP contribution in [-0.4, -0.2) is 40.2 Å². The largest absolute Gasteiger partial charge is 0.497 e. The van der Waals surface area contributed by atoms with E-state index in [2.05, 4.69) is 10.5 Å². The van der Waals surface area contributed by atoms with Gasteiger partial charge in [-0.15, -0.1) is 0 Å². The van der Waals surface area contributed by atoms with Crippen molar-refractivity contribution in [2.75, 3.05) is 13.0 Å². The van der Waals surface area contributed by atoms with Gasteiger partial charge in [0, 0.05) is 5.92 Å². The predicted octanol–water partition coefficient (Wildman–Crippen LogP) is 3.41. The van der Waals surface area contributed by atoms with Crippen LogP contribution in [-0.2, 0) is 9.59 Å². The molecule has 2 fully saturated rings. The monoisotopic (exact) mass is 419 g/mol. The smallest absolute Gasteiger partial charge is 0.236 e. The summed E-state index contributed by atoms with van der Waals surface area (Å²) in [5, 5.41) is 4.11. The standard InChI is InChI=1S/C20H25N3O3S2/c1-19(2)15-9-10-20(19,3)17(25)23(16(15)24)12-28-18(27)22-21-11-13-5-7-14(26-4)8-6-13/h5-8,11,15H,9-10,12H2,1-4H3,(H,22,27)/b21-11+. The number of carbonyl (C=O) groups is 2. The quantitative estimate of drug-likeness (QED) is 0.341. The van der Waals surface area contributed by atoms with Gasteiger partial charge in [0.25, 0.3) is 0 Å². The van der Waals surface area contributed by atoms with Gasteiger partial charge in [-0.1, -0.05) is 44.8 Å². The number of fused-ring (bicyclic) bond motifs is 2. The summed E-state index contributed by atoms with van der Waals surface area (Å²) < 4.78 is 5.52. The van der Waals surface area contributed by atoms with Crippen molar-refractivity contribution in [1.82, 2.24) is 10.3 Å². The molecule has 1 aliphatic heterocycles. The zero-order chi connectivity index (χ0) is 20.5. The lowest BCUT2D eigenvalue weighted by molar-refractivity contribution is -0.166. The van der Waals surface area contributed by atoms with E-state index in [1.165, 1.54) is 16.7 Å². The highest BCUT2D eigenvalue weighted by Gasteiger charge is 2.64. The van der Waals surface area contributed by atoms with Crippen LogP contribution in [0.2, 0.25) is 0 Å². The fourth-order valence-corrected chi connectivity index (χ4v) is 4.85. The minimum atomic E-state index is -0.492. The number of ether oxygens (including phenoxy) is 1. The van der Waals surface area contributed by atoms with Gasteiger partial charge in [-0.25, -0.2) is 0 Å². The van der Waals surface area contributed by atoms with Crippen LogP contribution in [0.25, 0.3) is 0 Å². The highest BCUT2D eigenvalue weighted by atomic mass is 32.2. The molecule has 0 spiro atoms. The minimum Gasteiger partial charge on any atom is -0.497 e. The Morgan fingerprint density at radius 1 is 1.36 bits per heavy atom. The highest BCUT2D eigenvalue weighted by molar-refractivity contribution is 8.22. The number of hydrazone groups is 1. The Hall–Kier alpha value is -1.93. The number of hydrogen-bond donors (Lipinski definition) is 1. The average molecular weight is 420 g/mol. The molecule has 6 nitrogen and oxygen atoms in total. The number of hydrogen-bond acceptors (Lipinski definition) is 6. The Bertz CT molecular complexity index is 822. The molecule has 3 rings (SSSR count). The Morgan fingerprint density at radius 2 is 2.04 bits per heavy atom. The third-order valence-corrected chi connectivity index (χ3v) is 7.50. The van der Waals surface area contributed by atoms with E-state index in [1.807, 2.05) is 45.0 Å². The second-order valence-corrected chi connectivity index (χ2v) is 9.54. The Morgan fingerprint density at radius 3 is 2.68 bits per heavy atom. The number of carbonyl (C=O) groups excluding carboxylic acids is 2. The van der Waals surface area contributed by atoms with Gasteiger partial charge in [0.1, 0.15) is 5.75 Å². The first-order chi connectivity index (χ1) is 13.2. The number of rotatable bonds is 5. The number of methoxy groups -OCH3 is 1. The number of nitrogens with one attached hydrogen (secondary N) is 1. The topological polar surface area (TPSA) is 71.0 Å². The normalized spacial score (nSPS) is 26.0. The van der Waals surface area contributed by atoms with E-state index in [0.717, 1.165) is 24.2 Å². The minimum absolute atomic E-state index is 0.0815. The van der Waals surface area contributed by atoms with Crippen molar-refractivity contribution >= 4 is 46.3 Å². The van der Waals surface area contributed by atoms with Crippen LogP contribution in [0.4, 0.5) is 0 Å². The third kappa shape index (κ3) is 3.55. The summed E-state index contributed by atoms with van der Waals surface area (Å²) in [6, 6.07) is 7.45. The molecule has 1 saturated carbocycles. The van der Waals surface area contributed by atoms with Crippen LogP contribution >= 0.6 is 24.0 Å². The molecule has 2 aliphatic rings. The molecular weight excluding hydrogens is 394 g/mol. The molecule has 0 radical (unpaired) electrons. The van der Waals surface area contributed by atoms with Crippen molar-refractivity contribution < 1.29 is 14.3 Å². The first-order valence-electron chi connectivity index (χ1n) is 9.16. The van der Waals surface area contributed by atoms with Crippen LogP contribution in [0.15, 0.2) is 29.4 Å². The van der Waals surface area contributed by atoms with Gasteiger partial charge in [-0.2, -0.15) is 5.10 Å². The molecule has 1 aromatic rings. The second-order valence-electron chi connectivity index (χ2n) is 7.92. The van der Waals surface area contributed by atoms with Crippen molar-refractivity contribution in [3.8, 4) is 5.75 Å². The highest BCUT2D eigenvalue weighted by Crippen LogP contribution is 2.60. The molecule has 1 aliphatic carbocycles. The maximum Gasteiger partial charge on any atom is 0.236 e. The van der Waals surface area contributed by atoms with Gasteiger partial charge in [-0.05, 0) is 48.1 Å². The molecule has 1 aromatic carbocycles. The molecular formula is C20H25N3O3S2.